The molecule has 2 aromatic carbocycles. The van der Waals surface area contributed by atoms with Crippen molar-refractivity contribution in [3.63, 3.8) is 0 Å². The maximum absolute atomic E-state index is 12.7. The van der Waals surface area contributed by atoms with Crippen LogP contribution < -0.4 is 5.73 Å². The minimum absolute atomic E-state index is 0.00582. The number of esters is 1. The van der Waals surface area contributed by atoms with Crippen LogP contribution >= 0.6 is 0 Å². The summed E-state index contributed by atoms with van der Waals surface area (Å²) in [6.45, 7) is 6.17. The zero-order valence-corrected chi connectivity index (χ0v) is 23.5. The quantitative estimate of drug-likeness (QED) is 0.326. The zero-order chi connectivity index (χ0) is 29.0. The smallest absolute Gasteiger partial charge is 0.385 e. The van der Waals surface area contributed by atoms with Crippen LogP contribution in [-0.2, 0) is 41.9 Å². The Bertz CT molecular complexity index is 1560. The molecular formula is C27H33N5O7S. The first-order chi connectivity index (χ1) is 19.0. The number of carboxylic acid groups (broad SMARTS) is 1. The first-order valence-corrected chi connectivity index (χ1v) is 14.3. The number of carboxylic acids is 1. The van der Waals surface area contributed by atoms with Crippen molar-refractivity contribution in [1.29, 1.82) is 0 Å². The van der Waals surface area contributed by atoms with Crippen LogP contribution in [0, 0.1) is 13.8 Å². The molecule has 12 nitrogen and oxygen atoms in total. The number of nitrogens with two attached hydrogens (primary N) is 1. The molecule has 1 unspecified atom stereocenters. The average Bonchev–Trinajstić information content (AvgIpc) is 3.33. The number of aromatic nitrogens is 3. The third kappa shape index (κ3) is 6.32. The normalized spacial score (nSPS) is 15.8. The summed E-state index contributed by atoms with van der Waals surface area (Å²) < 4.78 is 38.5. The molecule has 0 aliphatic carbocycles. The number of fused-ring (bicyclic) bond motifs is 1. The number of benzene rings is 2. The van der Waals surface area contributed by atoms with Crippen molar-refractivity contribution in [2.45, 2.75) is 52.6 Å². The first kappa shape index (κ1) is 29.2. The third-order valence-corrected chi connectivity index (χ3v) is 8.28. The van der Waals surface area contributed by atoms with Gasteiger partial charge in [-0.2, -0.15) is 12.7 Å². The van der Waals surface area contributed by atoms with Gasteiger partial charge < -0.3 is 19.8 Å². The molecule has 2 heterocycles. The van der Waals surface area contributed by atoms with Gasteiger partial charge in [-0.25, -0.2) is 4.68 Å². The summed E-state index contributed by atoms with van der Waals surface area (Å²) in [5.41, 5.74) is 11.0. The Kier molecular flexibility index (Phi) is 8.86. The summed E-state index contributed by atoms with van der Waals surface area (Å²) >= 11 is 0. The summed E-state index contributed by atoms with van der Waals surface area (Å²) in [7, 11) is -3.99. The number of rotatable bonds is 11. The summed E-state index contributed by atoms with van der Waals surface area (Å²) in [6, 6.07) is 9.45. The topological polar surface area (TPSA) is 167 Å². The van der Waals surface area contributed by atoms with Crippen molar-refractivity contribution in [3.8, 4) is 0 Å². The lowest BCUT2D eigenvalue weighted by atomic mass is 9.84. The Balaban J connectivity index is 1.73. The van der Waals surface area contributed by atoms with Gasteiger partial charge in [0.2, 0.25) is 0 Å². The second-order valence-electron chi connectivity index (χ2n) is 9.56. The Hall–Kier alpha value is -3.81. The molecule has 0 spiro atoms. The molecule has 1 aromatic heterocycles. The van der Waals surface area contributed by atoms with Crippen LogP contribution in [0.1, 0.15) is 53.5 Å². The van der Waals surface area contributed by atoms with Gasteiger partial charge in [0.15, 0.2) is 0 Å². The molecule has 4 rings (SSSR count). The Morgan fingerprint density at radius 1 is 1.23 bits per heavy atom. The highest BCUT2D eigenvalue weighted by Crippen LogP contribution is 2.35. The van der Waals surface area contributed by atoms with E-state index < -0.39 is 22.2 Å². The zero-order valence-electron chi connectivity index (χ0n) is 22.7. The Morgan fingerprint density at radius 2 is 2.00 bits per heavy atom. The Labute approximate surface area is 232 Å². The molecule has 1 atom stereocenters. The molecule has 1 aliphatic heterocycles. The molecule has 0 saturated heterocycles. The average molecular weight is 572 g/mol. The highest BCUT2D eigenvalue weighted by atomic mass is 32.2. The summed E-state index contributed by atoms with van der Waals surface area (Å²) in [6.07, 6.45) is 1.62. The molecule has 0 amide bonds. The number of aryl methyl sites for hydroxylation is 3. The van der Waals surface area contributed by atoms with Crippen LogP contribution in [0.25, 0.3) is 11.0 Å². The fourth-order valence-corrected chi connectivity index (χ4v) is 5.83. The van der Waals surface area contributed by atoms with Gasteiger partial charge in [-0.1, -0.05) is 29.5 Å². The van der Waals surface area contributed by atoms with Gasteiger partial charge in [0.1, 0.15) is 11.3 Å². The minimum atomic E-state index is -3.99. The molecule has 0 saturated carbocycles. The highest BCUT2D eigenvalue weighted by molar-refractivity contribution is 7.84. The van der Waals surface area contributed by atoms with E-state index in [4.69, 9.17) is 19.8 Å². The van der Waals surface area contributed by atoms with E-state index in [1.54, 1.807) is 17.7 Å². The fraction of sp³-hybridized carbons (Fsp3) is 0.407. The summed E-state index contributed by atoms with van der Waals surface area (Å²) in [5, 5.41) is 17.5. The van der Waals surface area contributed by atoms with E-state index in [-0.39, 0.29) is 57.4 Å². The maximum Gasteiger partial charge on any atom is 0.385 e. The molecular weight excluding hydrogens is 538 g/mol. The molecule has 13 heteroatoms. The second kappa shape index (κ2) is 12.1. The second-order valence-corrected chi connectivity index (χ2v) is 11.1. The van der Waals surface area contributed by atoms with Crippen LogP contribution in [-0.4, -0.2) is 64.5 Å². The lowest BCUT2D eigenvalue weighted by Gasteiger charge is -2.26. The monoisotopic (exact) mass is 571 g/mol. The highest BCUT2D eigenvalue weighted by Gasteiger charge is 2.29. The number of carbonyl (C=O) groups is 2. The molecule has 214 valence electrons. The van der Waals surface area contributed by atoms with E-state index in [9.17, 15) is 18.0 Å². The number of hydrogen-bond donors (Lipinski definition) is 2. The van der Waals surface area contributed by atoms with Gasteiger partial charge in [0.25, 0.3) is 0 Å². The molecule has 40 heavy (non-hydrogen) atoms. The van der Waals surface area contributed by atoms with E-state index in [1.165, 1.54) is 4.31 Å². The number of hydrogen-bond acceptors (Lipinski definition) is 9. The van der Waals surface area contributed by atoms with Gasteiger partial charge in [-0.15, -0.1) is 5.10 Å². The molecule has 3 aromatic rings. The van der Waals surface area contributed by atoms with Crippen molar-refractivity contribution in [2.75, 3.05) is 19.7 Å². The van der Waals surface area contributed by atoms with Gasteiger partial charge in [0.05, 0.1) is 38.1 Å². The standard InChI is InChI=1S/C27H33N5O7S/c1-4-38-26(35)14-23(22-7-8-24-27(18(22)3)29-30-32(24)12-10-25(33)34)19-6-5-17(2)20(13-19)16-31-11-9-21(15-28)39-40(31,36)37/h5-9,13,23H,4,10-12,14-16,28H2,1-3H3,(H,33,34). The fourth-order valence-electron chi connectivity index (χ4n) is 4.77. The maximum atomic E-state index is 12.7. The molecule has 3 N–H and O–H groups in total. The summed E-state index contributed by atoms with van der Waals surface area (Å²) in [4.78, 5) is 23.7. The predicted molar refractivity (Wildman–Crippen MR) is 146 cm³/mol. The largest absolute Gasteiger partial charge is 0.481 e. The minimum Gasteiger partial charge on any atom is -0.481 e. The SMILES string of the molecule is CCOC(=O)CC(c1ccc(C)c(CN2CC=C(CN)OS2(=O)=O)c1)c1ccc2c(nnn2CCC(=O)O)c1C. The molecule has 0 radical (unpaired) electrons. The van der Waals surface area contributed by atoms with E-state index in [1.807, 2.05) is 44.2 Å². The van der Waals surface area contributed by atoms with Gasteiger partial charge >= 0.3 is 22.2 Å². The van der Waals surface area contributed by atoms with Crippen molar-refractivity contribution in [1.82, 2.24) is 19.3 Å². The summed E-state index contributed by atoms with van der Waals surface area (Å²) in [5.74, 6) is -1.50. The molecule has 1 aliphatic rings. The number of aliphatic carboxylic acids is 1. The van der Waals surface area contributed by atoms with Crippen LogP contribution in [0.5, 0.6) is 0 Å². The molecule has 0 fully saturated rings. The molecule has 0 bridgehead atoms. The number of carbonyl (C=O) groups excluding carboxylic acids is 1. The lowest BCUT2D eigenvalue weighted by Crippen LogP contribution is -2.36. The van der Waals surface area contributed by atoms with E-state index >= 15 is 0 Å². The number of nitrogens with zero attached hydrogens (tertiary/aromatic N) is 4. The van der Waals surface area contributed by atoms with E-state index in [0.717, 1.165) is 27.8 Å². The van der Waals surface area contributed by atoms with E-state index in [0.29, 0.717) is 11.0 Å². The van der Waals surface area contributed by atoms with Crippen molar-refractivity contribution in [3.05, 3.63) is 70.0 Å². The number of ether oxygens (including phenoxy) is 1. The first-order valence-electron chi connectivity index (χ1n) is 12.9. The van der Waals surface area contributed by atoms with E-state index in [2.05, 4.69) is 10.3 Å². The third-order valence-electron chi connectivity index (χ3n) is 6.95. The van der Waals surface area contributed by atoms with Gasteiger partial charge in [-0.05, 0) is 60.7 Å². The van der Waals surface area contributed by atoms with Crippen molar-refractivity contribution >= 4 is 33.3 Å². The van der Waals surface area contributed by atoms with Crippen LogP contribution in [0.3, 0.4) is 0 Å². The van der Waals surface area contributed by atoms with Crippen LogP contribution in [0.4, 0.5) is 0 Å². The van der Waals surface area contributed by atoms with Crippen molar-refractivity contribution < 1.29 is 32.0 Å². The van der Waals surface area contributed by atoms with Crippen LogP contribution in [0.15, 0.2) is 42.2 Å². The van der Waals surface area contributed by atoms with Crippen LogP contribution in [0.2, 0.25) is 0 Å². The van der Waals surface area contributed by atoms with Gasteiger partial charge in [-0.3, -0.25) is 9.59 Å². The lowest BCUT2D eigenvalue weighted by molar-refractivity contribution is -0.143. The van der Waals surface area contributed by atoms with Gasteiger partial charge in [0, 0.05) is 19.0 Å². The Morgan fingerprint density at radius 3 is 2.67 bits per heavy atom. The predicted octanol–water partition coefficient (Wildman–Crippen LogP) is 2.53. The van der Waals surface area contributed by atoms with Crippen molar-refractivity contribution in [2.24, 2.45) is 5.73 Å².